The normalized spacial score (nSPS) is 10.2. The van der Waals surface area contributed by atoms with Gasteiger partial charge in [0.05, 0.1) is 7.11 Å². The Morgan fingerprint density at radius 1 is 0.944 bits per heavy atom. The molecule has 2 aromatic rings. The van der Waals surface area contributed by atoms with E-state index in [0.29, 0.717) is 5.56 Å². The molecule has 0 fully saturated rings. The molecular weight excluding hydrogens is 238 g/mol. The molecule has 94 valence electrons. The van der Waals surface area contributed by atoms with Crippen molar-refractivity contribution in [1.29, 1.82) is 0 Å². The van der Waals surface area contributed by atoms with E-state index in [4.69, 9.17) is 9.47 Å². The van der Waals surface area contributed by atoms with Gasteiger partial charge in [-0.3, -0.25) is 0 Å². The first-order valence-electron chi connectivity index (χ1n) is 5.41. The number of rotatable bonds is 4. The predicted molar refractivity (Wildman–Crippen MR) is 63.7 cm³/mol. The largest absolute Gasteiger partial charge is 0.494 e. The van der Waals surface area contributed by atoms with Crippen LogP contribution in [0.3, 0.4) is 0 Å². The molecule has 0 bridgehead atoms. The van der Waals surface area contributed by atoms with E-state index < -0.39 is 11.6 Å². The Kier molecular flexibility index (Phi) is 3.77. The summed E-state index contributed by atoms with van der Waals surface area (Å²) in [6, 6.07) is 10.7. The number of hydrogen-bond donors (Lipinski definition) is 0. The van der Waals surface area contributed by atoms with Gasteiger partial charge in [0.2, 0.25) is 0 Å². The van der Waals surface area contributed by atoms with Crippen molar-refractivity contribution in [3.05, 3.63) is 59.7 Å². The van der Waals surface area contributed by atoms with E-state index >= 15 is 0 Å². The van der Waals surface area contributed by atoms with Gasteiger partial charge in [0.15, 0.2) is 23.1 Å². The van der Waals surface area contributed by atoms with Crippen molar-refractivity contribution in [3.8, 4) is 11.5 Å². The summed E-state index contributed by atoms with van der Waals surface area (Å²) in [4.78, 5) is 0. The maximum atomic E-state index is 13.8. The van der Waals surface area contributed by atoms with Crippen LogP contribution < -0.4 is 9.47 Å². The molecule has 0 heterocycles. The summed E-state index contributed by atoms with van der Waals surface area (Å²) in [6.07, 6.45) is 0. The second-order valence-electron chi connectivity index (χ2n) is 3.65. The number of para-hydroxylation sites is 1. The van der Waals surface area contributed by atoms with Crippen LogP contribution in [0.15, 0.2) is 42.5 Å². The molecule has 0 saturated carbocycles. The van der Waals surface area contributed by atoms with Crippen LogP contribution in [-0.2, 0) is 6.61 Å². The summed E-state index contributed by atoms with van der Waals surface area (Å²) in [5.41, 5.74) is 0.317. The Morgan fingerprint density at radius 2 is 1.67 bits per heavy atom. The minimum atomic E-state index is -0.490. The lowest BCUT2D eigenvalue weighted by atomic mass is 10.2. The van der Waals surface area contributed by atoms with Gasteiger partial charge in [-0.05, 0) is 18.2 Å². The Bertz CT molecular complexity index is 541. The zero-order valence-corrected chi connectivity index (χ0v) is 9.82. The number of hydrogen-bond acceptors (Lipinski definition) is 2. The van der Waals surface area contributed by atoms with E-state index in [-0.39, 0.29) is 18.1 Å². The van der Waals surface area contributed by atoms with Crippen LogP contribution in [0.4, 0.5) is 8.78 Å². The van der Waals surface area contributed by atoms with E-state index in [0.717, 1.165) is 0 Å². The number of methoxy groups -OCH3 is 1. The Hall–Kier alpha value is -2.10. The van der Waals surface area contributed by atoms with Crippen LogP contribution in [0.1, 0.15) is 5.56 Å². The molecule has 18 heavy (non-hydrogen) atoms. The molecule has 0 radical (unpaired) electrons. The van der Waals surface area contributed by atoms with Crippen LogP contribution in [0.5, 0.6) is 11.5 Å². The molecule has 2 rings (SSSR count). The fraction of sp³-hybridized carbons (Fsp3) is 0.143. The molecule has 0 spiro atoms. The summed E-state index contributed by atoms with van der Waals surface area (Å²) in [5.74, 6) is -0.721. The number of halogens is 2. The molecule has 2 nitrogen and oxygen atoms in total. The van der Waals surface area contributed by atoms with Crippen LogP contribution >= 0.6 is 0 Å². The summed E-state index contributed by atoms with van der Waals surface area (Å²) in [6.45, 7) is -0.0516. The van der Waals surface area contributed by atoms with Gasteiger partial charge in [0.1, 0.15) is 6.61 Å². The summed E-state index contributed by atoms with van der Waals surface area (Å²) in [7, 11) is 1.39. The molecule has 0 aliphatic carbocycles. The molecule has 0 unspecified atom stereocenters. The lowest BCUT2D eigenvalue weighted by molar-refractivity contribution is 0.281. The molecule has 0 saturated heterocycles. The minimum absolute atomic E-state index is 0.0516. The summed E-state index contributed by atoms with van der Waals surface area (Å²) < 4.78 is 37.2. The SMILES string of the molecule is COc1cccc(COc2ccccc2F)c1F. The first-order valence-corrected chi connectivity index (χ1v) is 5.41. The standard InChI is InChI=1S/C14H12F2O2/c1-17-13-8-4-5-10(14(13)16)9-18-12-7-3-2-6-11(12)15/h2-8H,9H2,1H3. The van der Waals surface area contributed by atoms with Crippen LogP contribution in [0, 0.1) is 11.6 Å². The van der Waals surface area contributed by atoms with Crippen LogP contribution in [-0.4, -0.2) is 7.11 Å². The summed E-state index contributed by atoms with van der Waals surface area (Å²) in [5, 5.41) is 0. The van der Waals surface area contributed by atoms with Crippen LogP contribution in [0.2, 0.25) is 0 Å². The summed E-state index contributed by atoms with van der Waals surface area (Å²) >= 11 is 0. The fourth-order valence-corrected chi connectivity index (χ4v) is 1.54. The van der Waals surface area contributed by atoms with E-state index in [9.17, 15) is 8.78 Å². The van der Waals surface area contributed by atoms with Crippen molar-refractivity contribution in [2.75, 3.05) is 7.11 Å². The van der Waals surface area contributed by atoms with Crippen molar-refractivity contribution < 1.29 is 18.3 Å². The zero-order valence-electron chi connectivity index (χ0n) is 9.82. The van der Waals surface area contributed by atoms with Gasteiger partial charge >= 0.3 is 0 Å². The molecule has 0 aromatic heterocycles. The van der Waals surface area contributed by atoms with Crippen molar-refractivity contribution >= 4 is 0 Å². The third kappa shape index (κ3) is 2.59. The van der Waals surface area contributed by atoms with E-state index in [2.05, 4.69) is 0 Å². The van der Waals surface area contributed by atoms with Gasteiger partial charge in [-0.1, -0.05) is 24.3 Å². The molecule has 0 aliphatic heterocycles. The Labute approximate surface area is 104 Å². The molecule has 0 atom stereocenters. The average Bonchev–Trinajstić information content (AvgIpc) is 2.39. The van der Waals surface area contributed by atoms with E-state index in [1.165, 1.54) is 25.3 Å². The average molecular weight is 250 g/mol. The molecule has 2 aromatic carbocycles. The highest BCUT2D eigenvalue weighted by atomic mass is 19.1. The maximum absolute atomic E-state index is 13.8. The highest BCUT2D eigenvalue weighted by Gasteiger charge is 2.09. The molecule has 0 aliphatic rings. The second kappa shape index (κ2) is 5.49. The van der Waals surface area contributed by atoms with E-state index in [1.54, 1.807) is 24.3 Å². The maximum Gasteiger partial charge on any atom is 0.171 e. The van der Waals surface area contributed by atoms with Gasteiger partial charge in [-0.25, -0.2) is 8.78 Å². The van der Waals surface area contributed by atoms with Crippen molar-refractivity contribution in [2.45, 2.75) is 6.61 Å². The second-order valence-corrected chi connectivity index (χ2v) is 3.65. The monoisotopic (exact) mass is 250 g/mol. The van der Waals surface area contributed by atoms with Crippen molar-refractivity contribution in [3.63, 3.8) is 0 Å². The fourth-order valence-electron chi connectivity index (χ4n) is 1.54. The van der Waals surface area contributed by atoms with Gasteiger partial charge < -0.3 is 9.47 Å². The lowest BCUT2D eigenvalue weighted by Gasteiger charge is -2.09. The predicted octanol–water partition coefficient (Wildman–Crippen LogP) is 3.55. The quantitative estimate of drug-likeness (QED) is 0.826. The molecule has 4 heteroatoms. The topological polar surface area (TPSA) is 18.5 Å². The first-order chi connectivity index (χ1) is 8.72. The number of ether oxygens (including phenoxy) is 2. The zero-order chi connectivity index (χ0) is 13.0. The third-order valence-corrected chi connectivity index (χ3v) is 2.48. The molecular formula is C14H12F2O2. The van der Waals surface area contributed by atoms with Crippen LogP contribution in [0.25, 0.3) is 0 Å². The smallest absolute Gasteiger partial charge is 0.171 e. The minimum Gasteiger partial charge on any atom is -0.494 e. The molecule has 0 amide bonds. The highest BCUT2D eigenvalue weighted by molar-refractivity contribution is 5.31. The number of benzene rings is 2. The highest BCUT2D eigenvalue weighted by Crippen LogP contribution is 2.22. The van der Waals surface area contributed by atoms with Gasteiger partial charge in [0, 0.05) is 5.56 Å². The molecule has 0 N–H and O–H groups in total. The van der Waals surface area contributed by atoms with Gasteiger partial charge in [0.25, 0.3) is 0 Å². The lowest BCUT2D eigenvalue weighted by Crippen LogP contribution is -2.01. The third-order valence-electron chi connectivity index (χ3n) is 2.48. The first kappa shape index (κ1) is 12.4. The van der Waals surface area contributed by atoms with Gasteiger partial charge in [-0.2, -0.15) is 0 Å². The van der Waals surface area contributed by atoms with E-state index in [1.807, 2.05) is 0 Å². The van der Waals surface area contributed by atoms with Crippen molar-refractivity contribution in [1.82, 2.24) is 0 Å². The Balaban J connectivity index is 2.14. The van der Waals surface area contributed by atoms with Gasteiger partial charge in [-0.15, -0.1) is 0 Å². The Morgan fingerprint density at radius 3 is 2.39 bits per heavy atom. The van der Waals surface area contributed by atoms with Crippen molar-refractivity contribution in [2.24, 2.45) is 0 Å².